The van der Waals surface area contributed by atoms with Gasteiger partial charge in [0, 0.05) is 31.2 Å². The molecule has 1 aliphatic heterocycles. The van der Waals surface area contributed by atoms with E-state index < -0.39 is 0 Å². The molecule has 1 saturated heterocycles. The zero-order valence-electron chi connectivity index (χ0n) is 12.4. The molecule has 3 heteroatoms. The van der Waals surface area contributed by atoms with E-state index in [1.165, 1.54) is 36.8 Å². The molecule has 20 heavy (non-hydrogen) atoms. The highest BCUT2D eigenvalue weighted by Crippen LogP contribution is 2.24. The lowest BCUT2D eigenvalue weighted by Crippen LogP contribution is -2.17. The van der Waals surface area contributed by atoms with Gasteiger partial charge in [0.05, 0.1) is 12.7 Å². The van der Waals surface area contributed by atoms with E-state index in [-0.39, 0.29) is 0 Å². The summed E-state index contributed by atoms with van der Waals surface area (Å²) in [5, 5.41) is 3.57. The molecule has 1 saturated carbocycles. The normalized spacial score (nSPS) is 22.1. The van der Waals surface area contributed by atoms with E-state index in [1.807, 2.05) is 0 Å². The van der Waals surface area contributed by atoms with Crippen molar-refractivity contribution in [3.8, 4) is 5.75 Å². The number of hydrogen-bond acceptors (Lipinski definition) is 3. The summed E-state index contributed by atoms with van der Waals surface area (Å²) >= 11 is 0. The Morgan fingerprint density at radius 3 is 2.95 bits per heavy atom. The van der Waals surface area contributed by atoms with Gasteiger partial charge in [-0.3, -0.25) is 0 Å². The lowest BCUT2D eigenvalue weighted by Gasteiger charge is -2.15. The number of rotatable bonds is 7. The standard InChI is InChI=1S/C17H25NO2/c1-13-4-7-17(14(11-13)12-18-15-5-6-15)20-10-8-16-3-2-9-19-16/h4,7,11,15-16,18H,2-3,5-6,8-10,12H2,1H3. The first-order valence-electron chi connectivity index (χ1n) is 7.88. The van der Waals surface area contributed by atoms with Gasteiger partial charge in [0.15, 0.2) is 0 Å². The van der Waals surface area contributed by atoms with Crippen molar-refractivity contribution in [2.75, 3.05) is 13.2 Å². The van der Waals surface area contributed by atoms with Crippen molar-refractivity contribution in [2.45, 2.75) is 57.7 Å². The van der Waals surface area contributed by atoms with Gasteiger partial charge in [-0.05, 0) is 38.7 Å². The van der Waals surface area contributed by atoms with Crippen molar-refractivity contribution in [1.82, 2.24) is 5.32 Å². The van der Waals surface area contributed by atoms with Gasteiger partial charge in [-0.1, -0.05) is 17.7 Å². The van der Waals surface area contributed by atoms with Crippen LogP contribution in [0.2, 0.25) is 0 Å². The number of aryl methyl sites for hydroxylation is 1. The number of hydrogen-bond donors (Lipinski definition) is 1. The number of ether oxygens (including phenoxy) is 2. The van der Waals surface area contributed by atoms with E-state index in [9.17, 15) is 0 Å². The second-order valence-corrected chi connectivity index (χ2v) is 6.04. The third-order valence-corrected chi connectivity index (χ3v) is 4.10. The predicted molar refractivity (Wildman–Crippen MR) is 80.1 cm³/mol. The Labute approximate surface area is 121 Å². The highest BCUT2D eigenvalue weighted by atomic mass is 16.5. The summed E-state index contributed by atoms with van der Waals surface area (Å²) in [7, 11) is 0. The molecule has 1 N–H and O–H groups in total. The molecule has 3 rings (SSSR count). The molecule has 2 fully saturated rings. The van der Waals surface area contributed by atoms with Crippen LogP contribution in [0.1, 0.15) is 43.2 Å². The zero-order chi connectivity index (χ0) is 13.8. The Morgan fingerprint density at radius 2 is 2.20 bits per heavy atom. The fraction of sp³-hybridized carbons (Fsp3) is 0.647. The van der Waals surface area contributed by atoms with E-state index in [0.29, 0.717) is 6.10 Å². The molecule has 1 atom stereocenters. The summed E-state index contributed by atoms with van der Waals surface area (Å²) in [5.74, 6) is 1.03. The Morgan fingerprint density at radius 1 is 1.30 bits per heavy atom. The van der Waals surface area contributed by atoms with Gasteiger partial charge < -0.3 is 14.8 Å². The molecule has 1 unspecified atom stereocenters. The Bertz CT molecular complexity index is 437. The lowest BCUT2D eigenvalue weighted by atomic mass is 10.1. The largest absolute Gasteiger partial charge is 0.493 e. The van der Waals surface area contributed by atoms with Crippen LogP contribution in [-0.4, -0.2) is 25.4 Å². The lowest BCUT2D eigenvalue weighted by molar-refractivity contribution is 0.0902. The highest BCUT2D eigenvalue weighted by Gasteiger charge is 2.21. The third-order valence-electron chi connectivity index (χ3n) is 4.10. The summed E-state index contributed by atoms with van der Waals surface area (Å²) in [6.07, 6.45) is 6.44. The van der Waals surface area contributed by atoms with Gasteiger partial charge in [-0.15, -0.1) is 0 Å². The fourth-order valence-electron chi connectivity index (χ4n) is 2.70. The minimum atomic E-state index is 0.411. The number of nitrogens with one attached hydrogen (secondary N) is 1. The quantitative estimate of drug-likeness (QED) is 0.829. The van der Waals surface area contributed by atoms with E-state index in [4.69, 9.17) is 9.47 Å². The van der Waals surface area contributed by atoms with E-state index in [2.05, 4.69) is 30.4 Å². The van der Waals surface area contributed by atoms with Crippen molar-refractivity contribution in [3.05, 3.63) is 29.3 Å². The zero-order valence-corrected chi connectivity index (χ0v) is 12.4. The second kappa shape index (κ2) is 6.59. The van der Waals surface area contributed by atoms with Gasteiger partial charge in [-0.2, -0.15) is 0 Å². The van der Waals surface area contributed by atoms with Gasteiger partial charge >= 0.3 is 0 Å². The predicted octanol–water partition coefficient (Wildman–Crippen LogP) is 3.19. The minimum absolute atomic E-state index is 0.411. The molecule has 0 aromatic heterocycles. The molecule has 0 bridgehead atoms. The van der Waals surface area contributed by atoms with Crippen LogP contribution in [0.25, 0.3) is 0 Å². The maximum atomic E-state index is 5.99. The Balaban J connectivity index is 1.52. The maximum Gasteiger partial charge on any atom is 0.123 e. The molecule has 3 nitrogen and oxygen atoms in total. The minimum Gasteiger partial charge on any atom is -0.493 e. The van der Waals surface area contributed by atoms with Crippen LogP contribution in [0.5, 0.6) is 5.75 Å². The molecule has 110 valence electrons. The first kappa shape index (κ1) is 13.9. The fourth-order valence-corrected chi connectivity index (χ4v) is 2.70. The SMILES string of the molecule is Cc1ccc(OCCC2CCCO2)c(CNC2CC2)c1. The second-order valence-electron chi connectivity index (χ2n) is 6.04. The van der Waals surface area contributed by atoms with E-state index in [1.54, 1.807) is 0 Å². The average molecular weight is 275 g/mol. The van der Waals surface area contributed by atoms with Crippen LogP contribution >= 0.6 is 0 Å². The Hall–Kier alpha value is -1.06. The molecule has 2 aliphatic rings. The third kappa shape index (κ3) is 3.97. The van der Waals surface area contributed by atoms with E-state index in [0.717, 1.165) is 38.0 Å². The summed E-state index contributed by atoms with van der Waals surface area (Å²) in [6, 6.07) is 7.20. The molecule has 0 spiro atoms. The summed E-state index contributed by atoms with van der Waals surface area (Å²) in [6.45, 7) is 4.73. The van der Waals surface area contributed by atoms with Crippen LogP contribution in [-0.2, 0) is 11.3 Å². The van der Waals surface area contributed by atoms with Gasteiger partial charge in [0.2, 0.25) is 0 Å². The monoisotopic (exact) mass is 275 g/mol. The van der Waals surface area contributed by atoms with Crippen molar-refractivity contribution in [3.63, 3.8) is 0 Å². The van der Waals surface area contributed by atoms with Crippen molar-refractivity contribution in [2.24, 2.45) is 0 Å². The molecular weight excluding hydrogens is 250 g/mol. The van der Waals surface area contributed by atoms with Gasteiger partial charge in [-0.25, -0.2) is 0 Å². The molecule has 1 aromatic rings. The molecule has 0 amide bonds. The highest BCUT2D eigenvalue weighted by molar-refractivity contribution is 5.37. The molecular formula is C17H25NO2. The van der Waals surface area contributed by atoms with Crippen LogP contribution in [0.3, 0.4) is 0 Å². The Kier molecular flexibility index (Phi) is 4.58. The molecule has 0 radical (unpaired) electrons. The first-order valence-corrected chi connectivity index (χ1v) is 7.88. The van der Waals surface area contributed by atoms with Crippen LogP contribution in [0.4, 0.5) is 0 Å². The summed E-state index contributed by atoms with van der Waals surface area (Å²) < 4.78 is 11.6. The smallest absolute Gasteiger partial charge is 0.123 e. The molecule has 1 aromatic carbocycles. The van der Waals surface area contributed by atoms with Gasteiger partial charge in [0.25, 0.3) is 0 Å². The van der Waals surface area contributed by atoms with Crippen LogP contribution in [0, 0.1) is 6.92 Å². The molecule has 1 aliphatic carbocycles. The summed E-state index contributed by atoms with van der Waals surface area (Å²) in [5.41, 5.74) is 2.58. The van der Waals surface area contributed by atoms with Crippen LogP contribution < -0.4 is 10.1 Å². The van der Waals surface area contributed by atoms with E-state index >= 15 is 0 Å². The topological polar surface area (TPSA) is 30.5 Å². The van der Waals surface area contributed by atoms with Crippen LogP contribution in [0.15, 0.2) is 18.2 Å². The van der Waals surface area contributed by atoms with Gasteiger partial charge in [0.1, 0.15) is 5.75 Å². The molecule has 1 heterocycles. The van der Waals surface area contributed by atoms with Crippen molar-refractivity contribution in [1.29, 1.82) is 0 Å². The maximum absolute atomic E-state index is 5.99. The van der Waals surface area contributed by atoms with Crippen molar-refractivity contribution < 1.29 is 9.47 Å². The van der Waals surface area contributed by atoms with Crippen molar-refractivity contribution >= 4 is 0 Å². The average Bonchev–Trinajstić information content (AvgIpc) is 3.13. The number of benzene rings is 1. The first-order chi connectivity index (χ1) is 9.81. The summed E-state index contributed by atoms with van der Waals surface area (Å²) in [4.78, 5) is 0.